The van der Waals surface area contributed by atoms with Crippen molar-refractivity contribution in [3.63, 3.8) is 0 Å². The molecule has 2 heteroatoms. The SMILES string of the molecule is BC(C)(O)C1CC2CCC1C2. The third kappa shape index (κ3) is 1.22. The second-order valence-electron chi connectivity index (χ2n) is 4.94. The van der Waals surface area contributed by atoms with Crippen LogP contribution in [0.25, 0.3) is 0 Å². The molecule has 4 atom stereocenters. The molecule has 2 bridgehead atoms. The van der Waals surface area contributed by atoms with Gasteiger partial charge in [-0.15, -0.1) is 0 Å². The molecule has 2 fully saturated rings. The predicted octanol–water partition coefficient (Wildman–Crippen LogP) is 0.764. The van der Waals surface area contributed by atoms with Gasteiger partial charge in [0.2, 0.25) is 0 Å². The summed E-state index contributed by atoms with van der Waals surface area (Å²) in [4.78, 5) is 0. The first-order valence-corrected chi connectivity index (χ1v) is 4.80. The highest BCUT2D eigenvalue weighted by atomic mass is 16.3. The van der Waals surface area contributed by atoms with Crippen molar-refractivity contribution in [3.05, 3.63) is 0 Å². The van der Waals surface area contributed by atoms with Crippen LogP contribution in [-0.2, 0) is 0 Å². The van der Waals surface area contributed by atoms with Crippen LogP contribution in [0.4, 0.5) is 0 Å². The highest BCUT2D eigenvalue weighted by Crippen LogP contribution is 2.51. The average Bonchev–Trinajstić information content (AvgIpc) is 2.42. The molecule has 11 heavy (non-hydrogen) atoms. The van der Waals surface area contributed by atoms with Gasteiger partial charge in [0.1, 0.15) is 7.85 Å². The Balaban J connectivity index is 2.08. The molecule has 0 aromatic rings. The topological polar surface area (TPSA) is 20.2 Å². The van der Waals surface area contributed by atoms with Crippen LogP contribution >= 0.6 is 0 Å². The Bertz CT molecular complexity index is 161. The molecule has 0 aromatic carbocycles. The van der Waals surface area contributed by atoms with E-state index in [4.69, 9.17) is 0 Å². The van der Waals surface area contributed by atoms with Gasteiger partial charge >= 0.3 is 0 Å². The van der Waals surface area contributed by atoms with Gasteiger partial charge < -0.3 is 5.11 Å². The van der Waals surface area contributed by atoms with Crippen LogP contribution in [0.5, 0.6) is 0 Å². The first kappa shape index (κ1) is 7.66. The lowest BCUT2D eigenvalue weighted by Crippen LogP contribution is -2.38. The van der Waals surface area contributed by atoms with Crippen molar-refractivity contribution in [1.82, 2.24) is 0 Å². The van der Waals surface area contributed by atoms with E-state index in [1.165, 1.54) is 25.7 Å². The minimum atomic E-state index is -0.417. The molecule has 0 spiro atoms. The van der Waals surface area contributed by atoms with Gasteiger partial charge in [-0.25, -0.2) is 0 Å². The van der Waals surface area contributed by atoms with E-state index in [9.17, 15) is 5.11 Å². The van der Waals surface area contributed by atoms with Crippen LogP contribution in [0.3, 0.4) is 0 Å². The third-order valence-corrected chi connectivity index (χ3v) is 3.65. The van der Waals surface area contributed by atoms with Crippen molar-refractivity contribution < 1.29 is 5.11 Å². The summed E-state index contributed by atoms with van der Waals surface area (Å²) in [5, 5.41) is 9.84. The number of hydrogen-bond acceptors (Lipinski definition) is 1. The minimum absolute atomic E-state index is 0.417. The highest BCUT2D eigenvalue weighted by molar-refractivity contribution is 6.14. The molecular weight excluding hydrogens is 135 g/mol. The van der Waals surface area contributed by atoms with Crippen LogP contribution in [-0.4, -0.2) is 18.5 Å². The van der Waals surface area contributed by atoms with E-state index in [0.29, 0.717) is 5.92 Å². The molecule has 0 heterocycles. The van der Waals surface area contributed by atoms with Crippen molar-refractivity contribution in [1.29, 1.82) is 0 Å². The highest BCUT2D eigenvalue weighted by Gasteiger charge is 2.45. The second kappa shape index (κ2) is 2.26. The van der Waals surface area contributed by atoms with E-state index < -0.39 is 5.50 Å². The first-order valence-electron chi connectivity index (χ1n) is 4.80. The van der Waals surface area contributed by atoms with Crippen LogP contribution in [0.2, 0.25) is 0 Å². The maximum atomic E-state index is 9.84. The van der Waals surface area contributed by atoms with Crippen LogP contribution in [0.1, 0.15) is 32.6 Å². The van der Waals surface area contributed by atoms with Crippen LogP contribution in [0.15, 0.2) is 0 Å². The van der Waals surface area contributed by atoms with E-state index in [1.54, 1.807) is 0 Å². The Labute approximate surface area is 69.6 Å². The zero-order valence-corrected chi connectivity index (χ0v) is 7.51. The Hall–Kier alpha value is 0.0249. The second-order valence-corrected chi connectivity index (χ2v) is 4.94. The van der Waals surface area contributed by atoms with Crippen molar-refractivity contribution in [3.8, 4) is 0 Å². The normalized spacial score (nSPS) is 47.6. The molecule has 0 amide bonds. The van der Waals surface area contributed by atoms with Crippen LogP contribution < -0.4 is 0 Å². The van der Waals surface area contributed by atoms with E-state index in [0.717, 1.165) is 11.8 Å². The zero-order chi connectivity index (χ0) is 8.06. The van der Waals surface area contributed by atoms with Gasteiger partial charge in [0.15, 0.2) is 0 Å². The molecule has 62 valence electrons. The maximum Gasteiger partial charge on any atom is 0.142 e. The largest absolute Gasteiger partial charge is 0.399 e. The molecule has 2 aliphatic carbocycles. The smallest absolute Gasteiger partial charge is 0.142 e. The summed E-state index contributed by atoms with van der Waals surface area (Å²) in [5.74, 6) is 2.40. The number of aliphatic hydroxyl groups is 1. The van der Waals surface area contributed by atoms with Crippen molar-refractivity contribution >= 4 is 7.85 Å². The van der Waals surface area contributed by atoms with E-state index in [2.05, 4.69) is 0 Å². The first-order chi connectivity index (χ1) is 5.07. The molecule has 0 saturated heterocycles. The summed E-state index contributed by atoms with van der Waals surface area (Å²) in [7, 11) is 1.97. The van der Waals surface area contributed by atoms with Gasteiger partial charge in [0, 0.05) is 5.50 Å². The molecule has 1 nitrogen and oxygen atoms in total. The monoisotopic (exact) mass is 152 g/mol. The lowest BCUT2D eigenvalue weighted by Gasteiger charge is -2.32. The lowest BCUT2D eigenvalue weighted by atomic mass is 9.67. The van der Waals surface area contributed by atoms with E-state index in [1.807, 2.05) is 14.8 Å². The van der Waals surface area contributed by atoms with Gasteiger partial charge in [-0.05, 0) is 43.9 Å². The molecule has 1 N–H and O–H groups in total. The van der Waals surface area contributed by atoms with Gasteiger partial charge in [-0.1, -0.05) is 6.42 Å². The van der Waals surface area contributed by atoms with Gasteiger partial charge in [0.05, 0.1) is 0 Å². The molecular formula is C9H17BO. The molecule has 2 rings (SSSR count). The standard InChI is InChI=1S/C9H17BO/c1-9(10,11)8-5-6-2-3-7(8)4-6/h6-8,11H,2-5,10H2,1H3. The van der Waals surface area contributed by atoms with E-state index in [-0.39, 0.29) is 0 Å². The Morgan fingerprint density at radius 1 is 1.36 bits per heavy atom. The summed E-state index contributed by atoms with van der Waals surface area (Å²) in [6, 6.07) is 0. The number of hydrogen-bond donors (Lipinski definition) is 1. The predicted molar refractivity (Wildman–Crippen MR) is 48.1 cm³/mol. The quantitative estimate of drug-likeness (QED) is 0.550. The van der Waals surface area contributed by atoms with Gasteiger partial charge in [-0.2, -0.15) is 0 Å². The fourth-order valence-corrected chi connectivity index (χ4v) is 3.11. The average molecular weight is 152 g/mol. The van der Waals surface area contributed by atoms with Crippen molar-refractivity contribution in [2.75, 3.05) is 0 Å². The Morgan fingerprint density at radius 3 is 2.36 bits per heavy atom. The van der Waals surface area contributed by atoms with Crippen LogP contribution in [0, 0.1) is 17.8 Å². The molecule has 0 aromatic heterocycles. The fourth-order valence-electron chi connectivity index (χ4n) is 3.11. The molecule has 0 aliphatic heterocycles. The number of rotatable bonds is 1. The molecule has 2 aliphatic rings. The Morgan fingerprint density at radius 2 is 2.09 bits per heavy atom. The van der Waals surface area contributed by atoms with Crippen molar-refractivity contribution in [2.24, 2.45) is 17.8 Å². The maximum absolute atomic E-state index is 9.84. The third-order valence-electron chi connectivity index (χ3n) is 3.65. The Kier molecular flexibility index (Phi) is 1.57. The summed E-state index contributed by atoms with van der Waals surface area (Å²) in [6.07, 6.45) is 5.49. The summed E-state index contributed by atoms with van der Waals surface area (Å²) in [6.45, 7) is 1.97. The molecule has 0 radical (unpaired) electrons. The van der Waals surface area contributed by atoms with Gasteiger partial charge in [0.25, 0.3) is 0 Å². The van der Waals surface area contributed by atoms with E-state index >= 15 is 0 Å². The fraction of sp³-hybridized carbons (Fsp3) is 1.00. The van der Waals surface area contributed by atoms with Crippen molar-refractivity contribution in [2.45, 2.75) is 38.1 Å². The molecule has 2 saturated carbocycles. The summed E-state index contributed by atoms with van der Waals surface area (Å²) in [5.41, 5.74) is -0.417. The summed E-state index contributed by atoms with van der Waals surface area (Å²) < 4.78 is 0. The summed E-state index contributed by atoms with van der Waals surface area (Å²) >= 11 is 0. The number of fused-ring (bicyclic) bond motifs is 2. The van der Waals surface area contributed by atoms with Gasteiger partial charge in [-0.3, -0.25) is 0 Å². The molecule has 4 unspecified atom stereocenters. The minimum Gasteiger partial charge on any atom is -0.399 e. The zero-order valence-electron chi connectivity index (χ0n) is 7.51. The lowest BCUT2D eigenvalue weighted by molar-refractivity contribution is 0.0501.